The van der Waals surface area contributed by atoms with Crippen molar-refractivity contribution in [2.24, 2.45) is 5.73 Å². The average Bonchev–Trinajstić information content (AvgIpc) is 2.08. The minimum Gasteiger partial charge on any atom is -0.394 e. The number of aliphatic hydroxyl groups excluding tert-OH is 4. The van der Waals surface area contributed by atoms with Crippen molar-refractivity contribution in [3.05, 3.63) is 0 Å². The highest BCUT2D eigenvalue weighted by Crippen LogP contribution is 2.17. The highest BCUT2D eigenvalue weighted by Gasteiger charge is 2.41. The van der Waals surface area contributed by atoms with Crippen LogP contribution >= 0.6 is 0 Å². The number of hydrogen-bond acceptors (Lipinski definition) is 6. The molecule has 6 nitrogen and oxygen atoms in total. The molecule has 0 aromatic carbocycles. The molecule has 6 heteroatoms. The lowest BCUT2D eigenvalue weighted by atomic mass is 9.99. The molecule has 0 radical (unpaired) electrons. The van der Waals surface area contributed by atoms with E-state index in [0.717, 1.165) is 0 Å². The van der Waals surface area contributed by atoms with Crippen LogP contribution in [0.5, 0.6) is 0 Å². The molecule has 0 bridgehead atoms. The van der Waals surface area contributed by atoms with E-state index in [1.54, 1.807) is 0 Å². The van der Waals surface area contributed by atoms with Crippen LogP contribution in [0.15, 0.2) is 0 Å². The Labute approximate surface area is 69.2 Å². The van der Waals surface area contributed by atoms with E-state index < -0.39 is 37.3 Å². The van der Waals surface area contributed by atoms with E-state index in [1.807, 2.05) is 0 Å². The third-order valence-corrected chi connectivity index (χ3v) is 1.93. The van der Waals surface area contributed by atoms with Gasteiger partial charge in [0.1, 0.15) is 30.6 Å². The molecule has 1 rings (SSSR count). The van der Waals surface area contributed by atoms with E-state index in [1.165, 1.54) is 0 Å². The Kier molecular flexibility index (Phi) is 2.99. The van der Waals surface area contributed by atoms with Gasteiger partial charge in [-0.3, -0.25) is 0 Å². The second-order valence-electron chi connectivity index (χ2n) is 2.79. The largest absolute Gasteiger partial charge is 0.394 e. The molecule has 0 amide bonds. The van der Waals surface area contributed by atoms with Crippen molar-refractivity contribution in [2.75, 3.05) is 6.61 Å². The van der Waals surface area contributed by atoms with Crippen molar-refractivity contribution >= 4 is 0 Å². The van der Waals surface area contributed by atoms with Crippen LogP contribution in [0.2, 0.25) is 0 Å². The average molecular weight is 179 g/mol. The molecule has 5 atom stereocenters. The lowest BCUT2D eigenvalue weighted by molar-refractivity contribution is -0.227. The molecule has 0 spiro atoms. The summed E-state index contributed by atoms with van der Waals surface area (Å²) in [4.78, 5) is 0. The lowest BCUT2D eigenvalue weighted by Crippen LogP contribution is -2.61. The summed E-state index contributed by atoms with van der Waals surface area (Å²) in [6.07, 6.45) is -5.99. The summed E-state index contributed by atoms with van der Waals surface area (Å²) in [6.45, 7) is -0.446. The summed E-state index contributed by atoms with van der Waals surface area (Å²) in [6, 6.07) is 0. The van der Waals surface area contributed by atoms with Crippen LogP contribution in [-0.4, -0.2) is 57.7 Å². The van der Waals surface area contributed by atoms with Crippen molar-refractivity contribution in [3.8, 4) is 0 Å². The third-order valence-electron chi connectivity index (χ3n) is 1.93. The molecule has 1 fully saturated rings. The summed E-state index contributed by atoms with van der Waals surface area (Å²) in [7, 11) is 0. The van der Waals surface area contributed by atoms with Gasteiger partial charge >= 0.3 is 0 Å². The van der Waals surface area contributed by atoms with Gasteiger partial charge in [-0.25, -0.2) is 0 Å². The minimum atomic E-state index is -1.37. The van der Waals surface area contributed by atoms with Gasteiger partial charge in [-0.2, -0.15) is 0 Å². The molecular weight excluding hydrogens is 166 g/mol. The van der Waals surface area contributed by atoms with E-state index >= 15 is 0 Å². The van der Waals surface area contributed by atoms with E-state index in [-0.39, 0.29) is 0 Å². The first kappa shape index (κ1) is 9.85. The van der Waals surface area contributed by atoms with E-state index in [0.29, 0.717) is 0 Å². The zero-order valence-electron chi connectivity index (χ0n) is 6.37. The Hall–Kier alpha value is -0.240. The zero-order chi connectivity index (χ0) is 9.30. The summed E-state index contributed by atoms with van der Waals surface area (Å²) >= 11 is 0. The van der Waals surface area contributed by atoms with Crippen molar-refractivity contribution in [3.63, 3.8) is 0 Å². The monoisotopic (exact) mass is 179 g/mol. The first-order chi connectivity index (χ1) is 5.57. The zero-order valence-corrected chi connectivity index (χ0v) is 6.37. The molecule has 72 valence electrons. The van der Waals surface area contributed by atoms with E-state index in [4.69, 9.17) is 25.8 Å². The molecule has 1 saturated heterocycles. The maximum absolute atomic E-state index is 9.18. The van der Waals surface area contributed by atoms with Gasteiger partial charge in [0.2, 0.25) is 0 Å². The Morgan fingerprint density at radius 3 is 2.17 bits per heavy atom. The SMILES string of the molecule is N[C@@H]1OC(CO)[C@@H](O)C(O)C1O. The summed E-state index contributed by atoms with van der Waals surface area (Å²) in [5, 5.41) is 36.1. The molecule has 0 aliphatic carbocycles. The second kappa shape index (κ2) is 3.65. The van der Waals surface area contributed by atoms with Gasteiger partial charge in [0.15, 0.2) is 0 Å². The number of aliphatic hydroxyl groups is 4. The van der Waals surface area contributed by atoms with Gasteiger partial charge in [0.25, 0.3) is 0 Å². The standard InChI is InChI=1S/C6H13NO5/c7-6-5(11)4(10)3(9)2(1-8)12-6/h2-6,8-11H,1,7H2/t2?,3-,4?,5?,6-/m1/s1. The van der Waals surface area contributed by atoms with Crippen molar-refractivity contribution in [1.29, 1.82) is 0 Å². The molecule has 0 aromatic rings. The first-order valence-corrected chi connectivity index (χ1v) is 3.64. The number of rotatable bonds is 1. The third kappa shape index (κ3) is 1.58. The highest BCUT2D eigenvalue weighted by molar-refractivity contribution is 4.89. The molecule has 6 N–H and O–H groups in total. The Balaban J connectivity index is 2.63. The smallest absolute Gasteiger partial charge is 0.135 e. The van der Waals surface area contributed by atoms with Crippen molar-refractivity contribution < 1.29 is 25.2 Å². The minimum absolute atomic E-state index is 0.446. The topological polar surface area (TPSA) is 116 Å². The fourth-order valence-corrected chi connectivity index (χ4v) is 1.13. The number of nitrogens with two attached hydrogens (primary N) is 1. The van der Waals surface area contributed by atoms with Gasteiger partial charge in [-0.15, -0.1) is 0 Å². The predicted molar refractivity (Wildman–Crippen MR) is 38.0 cm³/mol. The Morgan fingerprint density at radius 1 is 1.08 bits per heavy atom. The maximum atomic E-state index is 9.18. The summed E-state index contributed by atoms with van der Waals surface area (Å²) in [5.41, 5.74) is 5.24. The van der Waals surface area contributed by atoms with Crippen LogP contribution in [0.1, 0.15) is 0 Å². The van der Waals surface area contributed by atoms with Crippen LogP contribution < -0.4 is 5.73 Å². The number of hydrogen-bond donors (Lipinski definition) is 5. The molecular formula is C6H13NO5. The van der Waals surface area contributed by atoms with Crippen LogP contribution in [-0.2, 0) is 4.74 Å². The molecule has 0 saturated carbocycles. The van der Waals surface area contributed by atoms with Crippen LogP contribution in [0.25, 0.3) is 0 Å². The Morgan fingerprint density at radius 2 is 1.67 bits per heavy atom. The van der Waals surface area contributed by atoms with Crippen LogP contribution in [0, 0.1) is 0 Å². The van der Waals surface area contributed by atoms with Crippen LogP contribution in [0.4, 0.5) is 0 Å². The van der Waals surface area contributed by atoms with Gasteiger partial charge in [-0.05, 0) is 0 Å². The molecule has 1 heterocycles. The Bertz CT molecular complexity index is 150. The quantitative estimate of drug-likeness (QED) is 0.288. The van der Waals surface area contributed by atoms with Gasteiger partial charge in [0.05, 0.1) is 6.61 Å². The second-order valence-corrected chi connectivity index (χ2v) is 2.79. The predicted octanol–water partition coefficient (Wildman–Crippen LogP) is -3.25. The van der Waals surface area contributed by atoms with Gasteiger partial charge < -0.3 is 30.9 Å². The fourth-order valence-electron chi connectivity index (χ4n) is 1.13. The summed E-state index contributed by atoms with van der Waals surface area (Å²) < 4.78 is 4.80. The molecule has 1 aliphatic heterocycles. The molecule has 12 heavy (non-hydrogen) atoms. The van der Waals surface area contributed by atoms with E-state index in [9.17, 15) is 5.11 Å². The maximum Gasteiger partial charge on any atom is 0.135 e. The highest BCUT2D eigenvalue weighted by atomic mass is 16.6. The van der Waals surface area contributed by atoms with Crippen molar-refractivity contribution in [2.45, 2.75) is 30.6 Å². The van der Waals surface area contributed by atoms with E-state index in [2.05, 4.69) is 0 Å². The number of ether oxygens (including phenoxy) is 1. The first-order valence-electron chi connectivity index (χ1n) is 3.64. The van der Waals surface area contributed by atoms with Gasteiger partial charge in [0, 0.05) is 0 Å². The summed E-state index contributed by atoms with van der Waals surface area (Å²) in [5.74, 6) is 0. The lowest BCUT2D eigenvalue weighted by Gasteiger charge is -2.38. The van der Waals surface area contributed by atoms with Gasteiger partial charge in [-0.1, -0.05) is 0 Å². The fraction of sp³-hybridized carbons (Fsp3) is 1.00. The molecule has 0 aromatic heterocycles. The normalized spacial score (nSPS) is 49.2. The molecule has 3 unspecified atom stereocenters. The van der Waals surface area contributed by atoms with Crippen molar-refractivity contribution in [1.82, 2.24) is 0 Å². The van der Waals surface area contributed by atoms with Crippen LogP contribution in [0.3, 0.4) is 0 Å². The molecule has 1 aliphatic rings.